The van der Waals surface area contributed by atoms with Gasteiger partial charge in [0.1, 0.15) is 12.3 Å². The molecule has 174 valence electrons. The molecule has 2 aromatic heterocycles. The summed E-state index contributed by atoms with van der Waals surface area (Å²) in [5.41, 5.74) is 4.84. The normalized spacial score (nSPS) is 22.9. The molecule has 1 aliphatic rings. The number of nitrogens with two attached hydrogens (primary N) is 1. The number of rotatable bonds is 8. The number of hydrogen-bond acceptors (Lipinski definition) is 12. The summed E-state index contributed by atoms with van der Waals surface area (Å²) in [6.45, 7) is -0.919. The van der Waals surface area contributed by atoms with Gasteiger partial charge in [0.15, 0.2) is 11.2 Å². The van der Waals surface area contributed by atoms with Gasteiger partial charge in [0.05, 0.1) is 19.0 Å². The quantitative estimate of drug-likeness (QED) is 0.204. The Morgan fingerprint density at radius 1 is 1.23 bits per heavy atom. The predicted molar refractivity (Wildman–Crippen MR) is 96.9 cm³/mol. The fourth-order valence-corrected chi connectivity index (χ4v) is 5.86. The van der Waals surface area contributed by atoms with Crippen LogP contribution in [-0.4, -0.2) is 63.0 Å². The molecule has 3 atom stereocenters. The number of aromatic amines is 1. The summed E-state index contributed by atoms with van der Waals surface area (Å²) in [5, 5.41) is 10.2. The van der Waals surface area contributed by atoms with Crippen LogP contribution < -0.4 is 11.3 Å². The second-order valence-corrected chi connectivity index (χ2v) is 10.5. The highest BCUT2D eigenvalue weighted by atomic mass is 31.3. The smallest absolute Gasteiger partial charge is 0.390 e. The van der Waals surface area contributed by atoms with Gasteiger partial charge in [0.2, 0.25) is 5.95 Å². The molecule has 1 aliphatic heterocycles. The Kier molecular flexibility index (Phi) is 6.57. The number of nitrogen functional groups attached to an aromatic ring is 1. The van der Waals surface area contributed by atoms with Gasteiger partial charge in [-0.15, -0.1) is 0 Å². The van der Waals surface area contributed by atoms with Crippen molar-refractivity contribution in [3.8, 4) is 0 Å². The molecule has 0 spiro atoms. The molecule has 1 saturated heterocycles. The zero-order chi connectivity index (χ0) is 23.2. The molecule has 0 unspecified atom stereocenters. The number of ether oxygens (including phenoxy) is 1. The molecular weight excluding hydrogens is 491 g/mol. The third kappa shape index (κ3) is 6.04. The molecule has 21 heteroatoms. The molecule has 0 saturated carbocycles. The summed E-state index contributed by atoms with van der Waals surface area (Å²) in [6.07, 6.45) is -2.56. The number of nitrogens with one attached hydrogen (secondary N) is 1. The number of aliphatic hydroxyl groups excluding tert-OH is 1. The highest BCUT2D eigenvalue weighted by Crippen LogP contribution is 2.67. The molecule has 0 bridgehead atoms. The number of imidazole rings is 1. The topological polar surface area (TPSA) is 279 Å². The highest BCUT2D eigenvalue weighted by Gasteiger charge is 2.44. The van der Waals surface area contributed by atoms with E-state index in [1.165, 1.54) is 10.9 Å². The van der Waals surface area contributed by atoms with Crippen molar-refractivity contribution in [2.24, 2.45) is 0 Å². The standard InChI is InChI=1S/C10H16N5O13P3/c11-10-13-8-7(9(17)14-10)12-3-15(8)6-1-4(16)5(26-6)2-25-31(24,27-29(18,19)20)28-30(21,22)23/h3-6,16H,1-2H2,(H2,18,19,20)(H2,21,22,23)(H3,11,13,14,17)/t4-,5+,6+/m0/s1. The molecule has 8 N–H and O–H groups in total. The summed E-state index contributed by atoms with van der Waals surface area (Å²) in [6, 6.07) is 0. The van der Waals surface area contributed by atoms with E-state index < -0.39 is 54.1 Å². The lowest BCUT2D eigenvalue weighted by Gasteiger charge is -2.21. The second-order valence-electron chi connectivity index (χ2n) is 6.09. The SMILES string of the molecule is Nc1nc2c(ncn2[C@H]2C[C@H](O)[C@@H](COP(=O)(OP(=O)(O)O)OP(=O)(O)O)O2)c(=O)[nH]1. The zero-order valence-corrected chi connectivity index (χ0v) is 17.7. The monoisotopic (exact) mass is 507 g/mol. The maximum absolute atomic E-state index is 12.2. The summed E-state index contributed by atoms with van der Waals surface area (Å²) in [4.78, 5) is 57.0. The summed E-state index contributed by atoms with van der Waals surface area (Å²) < 4.78 is 52.9. The molecule has 0 radical (unpaired) electrons. The van der Waals surface area contributed by atoms with Crippen LogP contribution in [0.2, 0.25) is 0 Å². The number of aromatic nitrogens is 4. The van der Waals surface area contributed by atoms with Crippen LogP contribution >= 0.6 is 23.5 Å². The van der Waals surface area contributed by atoms with Crippen LogP contribution in [0.25, 0.3) is 11.2 Å². The first-order valence-electron chi connectivity index (χ1n) is 8.00. The van der Waals surface area contributed by atoms with E-state index in [0.29, 0.717) is 0 Å². The second kappa shape index (κ2) is 8.44. The van der Waals surface area contributed by atoms with Crippen molar-refractivity contribution in [1.82, 2.24) is 19.5 Å². The average Bonchev–Trinajstić information content (AvgIpc) is 3.12. The number of aliphatic hydroxyl groups is 1. The van der Waals surface area contributed by atoms with E-state index in [1.807, 2.05) is 0 Å². The Morgan fingerprint density at radius 3 is 2.42 bits per heavy atom. The molecule has 0 aliphatic carbocycles. The fraction of sp³-hybridized carbons (Fsp3) is 0.500. The molecule has 18 nitrogen and oxygen atoms in total. The van der Waals surface area contributed by atoms with Crippen molar-refractivity contribution in [3.63, 3.8) is 0 Å². The lowest BCUT2D eigenvalue weighted by atomic mass is 10.2. The van der Waals surface area contributed by atoms with Crippen LogP contribution in [0.3, 0.4) is 0 Å². The van der Waals surface area contributed by atoms with E-state index in [2.05, 4.69) is 28.1 Å². The molecular formula is C10H16N5O13P3. The van der Waals surface area contributed by atoms with Crippen LogP contribution in [0.5, 0.6) is 0 Å². The number of anilines is 1. The van der Waals surface area contributed by atoms with E-state index in [1.54, 1.807) is 0 Å². The van der Waals surface area contributed by atoms with Gasteiger partial charge in [-0.25, -0.2) is 18.7 Å². The van der Waals surface area contributed by atoms with Crippen molar-refractivity contribution in [1.29, 1.82) is 0 Å². The van der Waals surface area contributed by atoms with E-state index in [-0.39, 0.29) is 23.5 Å². The first kappa shape index (κ1) is 24.1. The number of hydrogen-bond donors (Lipinski definition) is 7. The predicted octanol–water partition coefficient (Wildman–Crippen LogP) is -1.31. The van der Waals surface area contributed by atoms with Crippen LogP contribution in [0.1, 0.15) is 12.6 Å². The zero-order valence-electron chi connectivity index (χ0n) is 15.0. The number of fused-ring (bicyclic) bond motifs is 1. The van der Waals surface area contributed by atoms with Gasteiger partial charge in [-0.3, -0.25) is 18.9 Å². The third-order valence-electron chi connectivity index (χ3n) is 3.77. The van der Waals surface area contributed by atoms with Gasteiger partial charge in [-0.05, 0) is 0 Å². The molecule has 1 fully saturated rings. The summed E-state index contributed by atoms with van der Waals surface area (Å²) >= 11 is 0. The van der Waals surface area contributed by atoms with E-state index in [9.17, 15) is 23.6 Å². The van der Waals surface area contributed by atoms with E-state index >= 15 is 0 Å². The van der Waals surface area contributed by atoms with E-state index in [0.717, 1.165) is 0 Å². The third-order valence-corrected chi connectivity index (χ3v) is 7.54. The van der Waals surface area contributed by atoms with Gasteiger partial charge in [0, 0.05) is 6.42 Å². The van der Waals surface area contributed by atoms with Crippen molar-refractivity contribution in [2.75, 3.05) is 12.3 Å². The Balaban J connectivity index is 1.76. The van der Waals surface area contributed by atoms with Gasteiger partial charge in [-0.2, -0.15) is 13.6 Å². The molecule has 3 rings (SSSR count). The molecule has 31 heavy (non-hydrogen) atoms. The molecule has 2 aromatic rings. The van der Waals surface area contributed by atoms with Crippen molar-refractivity contribution in [2.45, 2.75) is 24.9 Å². The number of H-pyrrole nitrogens is 1. The van der Waals surface area contributed by atoms with Gasteiger partial charge < -0.3 is 35.2 Å². The van der Waals surface area contributed by atoms with Crippen molar-refractivity contribution < 1.29 is 56.3 Å². The van der Waals surface area contributed by atoms with Gasteiger partial charge in [0.25, 0.3) is 5.56 Å². The van der Waals surface area contributed by atoms with Gasteiger partial charge >= 0.3 is 23.5 Å². The van der Waals surface area contributed by atoms with Crippen LogP contribution in [0.4, 0.5) is 5.95 Å². The van der Waals surface area contributed by atoms with Crippen LogP contribution in [0.15, 0.2) is 11.1 Å². The highest BCUT2D eigenvalue weighted by molar-refractivity contribution is 7.66. The summed E-state index contributed by atoms with van der Waals surface area (Å²) in [7, 11) is -16.6. The lowest BCUT2D eigenvalue weighted by molar-refractivity contribution is -0.0422. The molecule has 0 amide bonds. The average molecular weight is 507 g/mol. The van der Waals surface area contributed by atoms with Gasteiger partial charge in [-0.1, -0.05) is 0 Å². The minimum Gasteiger partial charge on any atom is -0.390 e. The summed E-state index contributed by atoms with van der Waals surface area (Å²) in [5.74, 6) is -0.206. The fourth-order valence-electron chi connectivity index (χ4n) is 2.68. The van der Waals surface area contributed by atoms with E-state index in [4.69, 9.17) is 30.0 Å². The first-order chi connectivity index (χ1) is 14.2. The first-order valence-corrected chi connectivity index (χ1v) is 12.5. The van der Waals surface area contributed by atoms with Crippen molar-refractivity contribution in [3.05, 3.63) is 16.7 Å². The molecule has 0 aromatic carbocycles. The maximum Gasteiger partial charge on any atom is 0.492 e. The number of nitrogens with zero attached hydrogens (tertiary/aromatic N) is 3. The van der Waals surface area contributed by atoms with Crippen LogP contribution in [0, 0.1) is 0 Å². The van der Waals surface area contributed by atoms with Crippen molar-refractivity contribution >= 4 is 40.6 Å². The Bertz CT molecular complexity index is 1140. The maximum atomic E-state index is 12.2. The van der Waals surface area contributed by atoms with Crippen LogP contribution in [-0.2, 0) is 31.6 Å². The minimum atomic E-state index is -5.56. The Labute approximate surface area is 171 Å². The number of phosphoric acid groups is 3. The minimum absolute atomic E-state index is 0.0281. The Morgan fingerprint density at radius 2 is 1.84 bits per heavy atom. The molecule has 3 heterocycles. The lowest BCUT2D eigenvalue weighted by Crippen LogP contribution is -2.26. The Hall–Kier alpha value is -1.52. The largest absolute Gasteiger partial charge is 0.492 e.